The number of rotatable bonds is 4. The molecule has 1 aliphatic rings. The molecule has 1 rings (SSSR count). The van der Waals surface area contributed by atoms with Gasteiger partial charge in [-0.2, -0.15) is 0 Å². The Kier molecular flexibility index (Phi) is 9.54. The van der Waals surface area contributed by atoms with Crippen molar-refractivity contribution in [1.29, 1.82) is 0 Å². The second-order valence-corrected chi connectivity index (χ2v) is 6.39. The van der Waals surface area contributed by atoms with E-state index in [0.29, 0.717) is 0 Å². The summed E-state index contributed by atoms with van der Waals surface area (Å²) in [5, 5.41) is 46.4. The molecule has 0 amide bonds. The third-order valence-electron chi connectivity index (χ3n) is 2.06. The molecule has 14 heteroatoms. The minimum absolute atomic E-state index is 0. The Balaban J connectivity index is 0.00000441. The van der Waals surface area contributed by atoms with E-state index in [1.165, 1.54) is 0 Å². The molecule has 4 N–H and O–H groups in total. The van der Waals surface area contributed by atoms with Crippen LogP contribution in [0.5, 0.6) is 0 Å². The summed E-state index contributed by atoms with van der Waals surface area (Å²) in [6.07, 6.45) is -9.68. The van der Waals surface area contributed by atoms with Crippen LogP contribution < -0.4 is 56.5 Å². The predicted molar refractivity (Wildman–Crippen MR) is 53.1 cm³/mol. The number of hydrogen-bond acceptors (Lipinski definition) is 12. The van der Waals surface area contributed by atoms with Gasteiger partial charge in [0.25, 0.3) is 0 Å². The Hall–Kier alpha value is 0.175. The monoisotopic (exact) mass is 456 g/mol. The number of carboxylic acids is 1. The van der Waals surface area contributed by atoms with Crippen molar-refractivity contribution in [2.75, 3.05) is 0 Å². The Bertz CT molecular complexity index is 446. The Morgan fingerprint density at radius 2 is 1.50 bits per heavy atom. The Morgan fingerprint density at radius 3 is 1.86 bits per heavy atom. The van der Waals surface area contributed by atoms with Crippen LogP contribution in [-0.4, -0.2) is 90.2 Å². The molecule has 22 heavy (non-hydrogen) atoms. The van der Waals surface area contributed by atoms with Crippen molar-refractivity contribution in [3.05, 3.63) is 0 Å². The first-order valence-electron chi connectivity index (χ1n) is 5.03. The number of carbonyl (C=O) groups is 4. The molecule has 1 saturated heterocycles. The number of aliphatic hydroxyl groups excluding tert-OH is 4. The van der Waals surface area contributed by atoms with Crippen LogP contribution in [0.3, 0.4) is 0 Å². The van der Waals surface area contributed by atoms with Gasteiger partial charge in [0.05, 0.1) is 0 Å². The van der Waals surface area contributed by atoms with E-state index in [1.807, 2.05) is 0 Å². The molecule has 1 aliphatic heterocycles. The van der Waals surface area contributed by atoms with Crippen LogP contribution in [0.2, 0.25) is 0 Å². The van der Waals surface area contributed by atoms with Crippen molar-refractivity contribution in [3.63, 3.8) is 0 Å². The molecule has 4 unspecified atom stereocenters. The number of aliphatic carboxylic acids is 1. The first-order valence-corrected chi connectivity index (χ1v) is 8.16. The quantitative estimate of drug-likeness (QED) is 0.291. The van der Waals surface area contributed by atoms with E-state index in [0.717, 1.165) is 0 Å². The number of carboxylic acid groups (broad SMARTS) is 1. The van der Waals surface area contributed by atoms with E-state index in [1.54, 1.807) is 0 Å². The SMILES string of the molecule is O=C([O-])C(O)C(O)C(=O)[O][Sb]1[O]C(=O)C(O)C(O)C(=O)[O]1.[K+]. The van der Waals surface area contributed by atoms with E-state index < -0.39 is 69.8 Å². The summed E-state index contributed by atoms with van der Waals surface area (Å²) in [5.74, 6) is -6.92. The summed E-state index contributed by atoms with van der Waals surface area (Å²) < 4.78 is 12.9. The van der Waals surface area contributed by atoms with E-state index in [2.05, 4.69) is 9.05 Å². The molecule has 0 spiro atoms. The maximum absolute atomic E-state index is 11.3. The van der Waals surface area contributed by atoms with Gasteiger partial charge >= 0.3 is 175 Å². The second-order valence-electron chi connectivity index (χ2n) is 3.55. The minimum atomic E-state index is -4.39. The van der Waals surface area contributed by atoms with Crippen LogP contribution >= 0.6 is 0 Å². The van der Waals surface area contributed by atoms with Gasteiger partial charge in [0.15, 0.2) is 0 Å². The summed E-state index contributed by atoms with van der Waals surface area (Å²) in [6.45, 7) is 0. The topological polar surface area (TPSA) is 200 Å². The van der Waals surface area contributed by atoms with E-state index in [-0.39, 0.29) is 51.4 Å². The van der Waals surface area contributed by atoms with Gasteiger partial charge in [0.1, 0.15) is 0 Å². The van der Waals surface area contributed by atoms with Crippen LogP contribution in [0.4, 0.5) is 0 Å². The molecule has 0 aliphatic carbocycles. The zero-order valence-corrected chi connectivity index (χ0v) is 16.5. The molecule has 118 valence electrons. The maximum Gasteiger partial charge on any atom is 1.00 e. The molecule has 1 heterocycles. The summed E-state index contributed by atoms with van der Waals surface area (Å²) in [7, 11) is 0. The normalized spacial score (nSPS) is 24.9. The van der Waals surface area contributed by atoms with Crippen molar-refractivity contribution in [2.45, 2.75) is 24.4 Å². The van der Waals surface area contributed by atoms with Crippen LogP contribution in [0, 0.1) is 0 Å². The first-order chi connectivity index (χ1) is 9.65. The van der Waals surface area contributed by atoms with Crippen molar-refractivity contribution < 1.29 is 105 Å². The van der Waals surface area contributed by atoms with Gasteiger partial charge in [-0.1, -0.05) is 0 Å². The fourth-order valence-electron chi connectivity index (χ4n) is 0.954. The van der Waals surface area contributed by atoms with Crippen LogP contribution in [0.1, 0.15) is 0 Å². The molecule has 0 bridgehead atoms. The molecule has 0 saturated carbocycles. The van der Waals surface area contributed by atoms with Gasteiger partial charge < -0.3 is 0 Å². The van der Waals surface area contributed by atoms with Gasteiger partial charge in [-0.05, 0) is 0 Å². The summed E-state index contributed by atoms with van der Waals surface area (Å²) in [6, 6.07) is 0. The average molecular weight is 457 g/mol. The van der Waals surface area contributed by atoms with Gasteiger partial charge in [-0.25, -0.2) is 0 Å². The van der Waals surface area contributed by atoms with Gasteiger partial charge in [-0.3, -0.25) is 0 Å². The molecular weight excluding hydrogens is 449 g/mol. The van der Waals surface area contributed by atoms with Crippen LogP contribution in [0.25, 0.3) is 0 Å². The average Bonchev–Trinajstić information content (AvgIpc) is 2.50. The summed E-state index contributed by atoms with van der Waals surface area (Å²) in [4.78, 5) is 43.8. The van der Waals surface area contributed by atoms with Crippen molar-refractivity contribution >= 4 is 45.3 Å². The molecule has 0 radical (unpaired) electrons. The number of aliphatic hydroxyl groups is 4. The fraction of sp³-hybridized carbons (Fsp3) is 0.500. The van der Waals surface area contributed by atoms with Crippen LogP contribution in [-0.2, 0) is 28.2 Å². The van der Waals surface area contributed by atoms with Crippen molar-refractivity contribution in [2.24, 2.45) is 0 Å². The third kappa shape index (κ3) is 5.67. The molecular formula is C8H8KO12Sb. The van der Waals surface area contributed by atoms with Crippen molar-refractivity contribution in [3.8, 4) is 0 Å². The maximum atomic E-state index is 11.3. The summed E-state index contributed by atoms with van der Waals surface area (Å²) >= 11 is -4.39. The van der Waals surface area contributed by atoms with Crippen molar-refractivity contribution in [1.82, 2.24) is 0 Å². The molecule has 1 fully saturated rings. The largest absolute Gasteiger partial charge is 1.00 e. The Morgan fingerprint density at radius 1 is 1.09 bits per heavy atom. The standard InChI is InChI=1S/2C4H6O6.K.Sb/c2*5-1(3(7)8)2(6)4(9)10;;/h2*1-2,5-6H,(H,7,8)(H,9,10);;/q;;+1;+3/p-4. The molecule has 12 nitrogen and oxygen atoms in total. The molecule has 0 aromatic carbocycles. The molecule has 4 atom stereocenters. The Labute approximate surface area is 173 Å². The van der Waals surface area contributed by atoms with Gasteiger partial charge in [0, 0.05) is 0 Å². The minimum Gasteiger partial charge on any atom is 1.00 e. The van der Waals surface area contributed by atoms with E-state index >= 15 is 0 Å². The summed E-state index contributed by atoms with van der Waals surface area (Å²) in [5.41, 5.74) is 0. The van der Waals surface area contributed by atoms with E-state index in [9.17, 15) is 24.3 Å². The molecule has 0 aromatic rings. The number of carbonyl (C=O) groups excluding carboxylic acids is 4. The molecule has 0 aromatic heterocycles. The van der Waals surface area contributed by atoms with Crippen LogP contribution in [0.15, 0.2) is 0 Å². The predicted octanol–water partition coefficient (Wildman–Crippen LogP) is -9.19. The zero-order valence-electron chi connectivity index (χ0n) is 10.8. The smallest absolute Gasteiger partial charge is 1.00 e. The fourth-order valence-corrected chi connectivity index (χ4v) is 3.46. The second kappa shape index (κ2) is 9.47. The third-order valence-corrected chi connectivity index (χ3v) is 4.87. The van der Waals surface area contributed by atoms with E-state index in [4.69, 9.17) is 20.4 Å². The van der Waals surface area contributed by atoms with Gasteiger partial charge in [-0.15, -0.1) is 0 Å². The van der Waals surface area contributed by atoms with Gasteiger partial charge in [0.2, 0.25) is 0 Å². The first kappa shape index (κ1) is 22.2. The number of hydrogen-bond donors (Lipinski definition) is 4. The zero-order chi connectivity index (χ0) is 16.3.